The summed E-state index contributed by atoms with van der Waals surface area (Å²) >= 11 is 3.35. The molecule has 2 rings (SSSR count). The highest BCUT2D eigenvalue weighted by molar-refractivity contribution is 9.10. The Morgan fingerprint density at radius 2 is 1.93 bits per heavy atom. The summed E-state index contributed by atoms with van der Waals surface area (Å²) in [5.74, 6) is 1.31. The first-order chi connectivity index (χ1) is 6.84. The van der Waals surface area contributed by atoms with Gasteiger partial charge >= 0.3 is 0 Å². The van der Waals surface area contributed by atoms with E-state index in [0.29, 0.717) is 5.88 Å². The predicted octanol–water partition coefficient (Wildman–Crippen LogP) is 3.44. The molecule has 1 radical (unpaired) electrons. The molecule has 2 nitrogen and oxygen atoms in total. The molecule has 0 unspecified atom stereocenters. The van der Waals surface area contributed by atoms with Crippen molar-refractivity contribution in [3.05, 3.63) is 53.1 Å². The number of rotatable bonds is 2. The zero-order valence-electron chi connectivity index (χ0n) is 7.27. The van der Waals surface area contributed by atoms with Gasteiger partial charge in [-0.3, -0.25) is 0 Å². The van der Waals surface area contributed by atoms with E-state index in [1.165, 1.54) is 0 Å². The van der Waals surface area contributed by atoms with E-state index in [1.807, 2.05) is 30.3 Å². The minimum absolute atomic E-state index is 0.551. The minimum Gasteiger partial charge on any atom is -0.439 e. The average Bonchev–Trinajstić information content (AvgIpc) is 2.23. The minimum atomic E-state index is 0.551. The van der Waals surface area contributed by atoms with Gasteiger partial charge in [-0.15, -0.1) is 0 Å². The van der Waals surface area contributed by atoms with Crippen molar-refractivity contribution in [1.82, 2.24) is 4.98 Å². The summed E-state index contributed by atoms with van der Waals surface area (Å²) < 4.78 is 6.50. The summed E-state index contributed by atoms with van der Waals surface area (Å²) in [5, 5.41) is 0. The monoisotopic (exact) mass is 248 g/mol. The SMILES string of the molecule is Brc1ccc(Oc2ccc[c]n2)cc1. The fourth-order valence-corrected chi connectivity index (χ4v) is 1.26. The molecule has 14 heavy (non-hydrogen) atoms. The lowest BCUT2D eigenvalue weighted by Gasteiger charge is -2.03. The van der Waals surface area contributed by atoms with Crippen LogP contribution in [0.4, 0.5) is 0 Å². The van der Waals surface area contributed by atoms with E-state index in [0.717, 1.165) is 10.2 Å². The number of pyridine rings is 1. The highest BCUT2D eigenvalue weighted by atomic mass is 79.9. The molecule has 0 N–H and O–H groups in total. The zero-order valence-corrected chi connectivity index (χ0v) is 8.86. The number of benzene rings is 1. The molecule has 0 fully saturated rings. The fourth-order valence-electron chi connectivity index (χ4n) is 0.992. The first kappa shape index (κ1) is 9.21. The van der Waals surface area contributed by atoms with Gasteiger partial charge in [0.05, 0.1) is 6.20 Å². The second-order valence-electron chi connectivity index (χ2n) is 2.66. The molecule has 0 spiro atoms. The lowest BCUT2D eigenvalue weighted by atomic mass is 10.3. The number of hydrogen-bond donors (Lipinski definition) is 0. The third kappa shape index (κ3) is 2.33. The van der Waals surface area contributed by atoms with Crippen LogP contribution in [0.1, 0.15) is 0 Å². The van der Waals surface area contributed by atoms with Gasteiger partial charge in [-0.25, -0.2) is 4.98 Å². The Morgan fingerprint density at radius 3 is 2.57 bits per heavy atom. The Kier molecular flexibility index (Phi) is 2.79. The van der Waals surface area contributed by atoms with Crippen molar-refractivity contribution >= 4 is 15.9 Å². The van der Waals surface area contributed by atoms with Gasteiger partial charge in [0.15, 0.2) is 0 Å². The van der Waals surface area contributed by atoms with Gasteiger partial charge in [0.1, 0.15) is 5.75 Å². The molecule has 0 aliphatic heterocycles. The maximum absolute atomic E-state index is 5.47. The van der Waals surface area contributed by atoms with Crippen LogP contribution < -0.4 is 4.74 Å². The molecule has 1 aromatic carbocycles. The van der Waals surface area contributed by atoms with Crippen molar-refractivity contribution in [2.45, 2.75) is 0 Å². The van der Waals surface area contributed by atoms with Crippen LogP contribution >= 0.6 is 15.9 Å². The van der Waals surface area contributed by atoms with E-state index in [4.69, 9.17) is 4.74 Å². The lowest BCUT2D eigenvalue weighted by Crippen LogP contribution is -1.85. The smallest absolute Gasteiger partial charge is 0.219 e. The summed E-state index contributed by atoms with van der Waals surface area (Å²) in [6.45, 7) is 0. The quantitative estimate of drug-likeness (QED) is 0.813. The number of halogens is 1. The summed E-state index contributed by atoms with van der Waals surface area (Å²) in [7, 11) is 0. The van der Waals surface area contributed by atoms with Gasteiger partial charge in [0, 0.05) is 10.5 Å². The van der Waals surface area contributed by atoms with Gasteiger partial charge in [-0.1, -0.05) is 22.0 Å². The van der Waals surface area contributed by atoms with Gasteiger partial charge in [-0.05, 0) is 30.3 Å². The molecule has 2 aromatic rings. The van der Waals surface area contributed by atoms with Crippen molar-refractivity contribution in [2.24, 2.45) is 0 Å². The van der Waals surface area contributed by atoms with Crippen LogP contribution in [0.15, 0.2) is 46.9 Å². The van der Waals surface area contributed by atoms with Crippen molar-refractivity contribution in [3.8, 4) is 11.6 Å². The van der Waals surface area contributed by atoms with Crippen LogP contribution in [-0.4, -0.2) is 4.98 Å². The topological polar surface area (TPSA) is 22.1 Å². The van der Waals surface area contributed by atoms with E-state index in [2.05, 4.69) is 27.1 Å². The van der Waals surface area contributed by atoms with Crippen molar-refractivity contribution in [3.63, 3.8) is 0 Å². The van der Waals surface area contributed by atoms with Crippen LogP contribution in [0.5, 0.6) is 11.6 Å². The number of hydrogen-bond acceptors (Lipinski definition) is 2. The lowest BCUT2D eigenvalue weighted by molar-refractivity contribution is 0.462. The van der Waals surface area contributed by atoms with Gasteiger partial charge in [0.25, 0.3) is 0 Å². The van der Waals surface area contributed by atoms with E-state index in [9.17, 15) is 0 Å². The van der Waals surface area contributed by atoms with Crippen LogP contribution in [-0.2, 0) is 0 Å². The average molecular weight is 249 g/mol. The van der Waals surface area contributed by atoms with Gasteiger partial charge < -0.3 is 4.74 Å². The number of aromatic nitrogens is 1. The van der Waals surface area contributed by atoms with E-state index < -0.39 is 0 Å². The van der Waals surface area contributed by atoms with Gasteiger partial charge in [-0.2, -0.15) is 0 Å². The van der Waals surface area contributed by atoms with Crippen LogP contribution in [0.25, 0.3) is 0 Å². The molecule has 1 aromatic heterocycles. The first-order valence-electron chi connectivity index (χ1n) is 4.11. The van der Waals surface area contributed by atoms with E-state index in [-0.39, 0.29) is 0 Å². The van der Waals surface area contributed by atoms with E-state index >= 15 is 0 Å². The summed E-state index contributed by atoms with van der Waals surface area (Å²) in [6.07, 6.45) is 2.71. The molecule has 69 valence electrons. The maximum Gasteiger partial charge on any atom is 0.219 e. The Morgan fingerprint density at radius 1 is 1.14 bits per heavy atom. The molecule has 0 saturated carbocycles. The fraction of sp³-hybridized carbons (Fsp3) is 0. The third-order valence-electron chi connectivity index (χ3n) is 1.62. The van der Waals surface area contributed by atoms with Crippen molar-refractivity contribution in [2.75, 3.05) is 0 Å². The Labute approximate surface area is 90.7 Å². The molecule has 0 bridgehead atoms. The van der Waals surface area contributed by atoms with Gasteiger partial charge in [0.2, 0.25) is 5.88 Å². The molecule has 0 saturated heterocycles. The van der Waals surface area contributed by atoms with Crippen LogP contribution in [0.2, 0.25) is 0 Å². The number of nitrogens with zero attached hydrogens (tertiary/aromatic N) is 1. The zero-order chi connectivity index (χ0) is 9.80. The summed E-state index contributed by atoms with van der Waals surface area (Å²) in [5.41, 5.74) is 0. The molecule has 0 amide bonds. The van der Waals surface area contributed by atoms with Crippen molar-refractivity contribution in [1.29, 1.82) is 0 Å². The molecular formula is C11H7BrNO. The largest absolute Gasteiger partial charge is 0.439 e. The molecule has 0 aliphatic rings. The molecule has 3 heteroatoms. The first-order valence-corrected chi connectivity index (χ1v) is 4.90. The van der Waals surface area contributed by atoms with Crippen molar-refractivity contribution < 1.29 is 4.74 Å². The molecule has 0 atom stereocenters. The summed E-state index contributed by atoms with van der Waals surface area (Å²) in [4.78, 5) is 3.94. The predicted molar refractivity (Wildman–Crippen MR) is 57.3 cm³/mol. The standard InChI is InChI=1S/C11H7BrNO/c12-9-4-6-10(7-5-9)14-11-3-1-2-8-13-11/h1-7H. The molecule has 0 aliphatic carbocycles. The molecular weight excluding hydrogens is 242 g/mol. The second kappa shape index (κ2) is 4.24. The molecule has 1 heterocycles. The highest BCUT2D eigenvalue weighted by Gasteiger charge is 1.96. The highest BCUT2D eigenvalue weighted by Crippen LogP contribution is 2.20. The Balaban J connectivity index is 2.16. The number of ether oxygens (including phenoxy) is 1. The normalized spacial score (nSPS) is 9.79. The maximum atomic E-state index is 5.47. The second-order valence-corrected chi connectivity index (χ2v) is 3.58. The summed E-state index contributed by atoms with van der Waals surface area (Å²) in [6, 6.07) is 12.9. The third-order valence-corrected chi connectivity index (χ3v) is 2.15. The van der Waals surface area contributed by atoms with Crippen LogP contribution in [0, 0.1) is 6.20 Å². The Hall–Kier alpha value is -1.35. The van der Waals surface area contributed by atoms with Crippen LogP contribution in [0.3, 0.4) is 0 Å². The Bertz CT molecular complexity index is 399. The van der Waals surface area contributed by atoms with E-state index in [1.54, 1.807) is 12.1 Å².